The van der Waals surface area contributed by atoms with Crippen LogP contribution >= 0.6 is 15.9 Å². The molecule has 0 N–H and O–H groups in total. The number of ether oxygens (including phenoxy) is 3. The Balaban J connectivity index is 2.32. The Morgan fingerprint density at radius 2 is 2.25 bits per heavy atom. The van der Waals surface area contributed by atoms with Gasteiger partial charge in [0.15, 0.2) is 11.5 Å². The number of nitrogens with zero attached hydrogens (tertiary/aromatic N) is 1. The van der Waals surface area contributed by atoms with E-state index in [9.17, 15) is 4.79 Å². The van der Waals surface area contributed by atoms with E-state index in [0.29, 0.717) is 21.5 Å². The molecular weight excluding hydrogens is 326 g/mol. The van der Waals surface area contributed by atoms with E-state index in [1.54, 1.807) is 26.0 Å². The van der Waals surface area contributed by atoms with Crippen LogP contribution in [0.5, 0.6) is 11.5 Å². The van der Waals surface area contributed by atoms with Gasteiger partial charge in [-0.15, -0.1) is 0 Å². The summed E-state index contributed by atoms with van der Waals surface area (Å²) < 4.78 is 16.3. The average molecular weight is 338 g/mol. The number of halogens is 1. The van der Waals surface area contributed by atoms with Crippen molar-refractivity contribution in [2.75, 3.05) is 6.79 Å². The SMILES string of the molecule is CC(C)OC(=O)/C(C#N)=C/c1cc(Br)c2c(c1)OCO2. The number of nitriles is 1. The lowest BCUT2D eigenvalue weighted by atomic mass is 10.1. The molecule has 5 nitrogen and oxygen atoms in total. The van der Waals surface area contributed by atoms with Crippen LogP contribution in [0.3, 0.4) is 0 Å². The van der Waals surface area contributed by atoms with Gasteiger partial charge in [-0.1, -0.05) is 0 Å². The van der Waals surface area contributed by atoms with Crippen LogP contribution in [0.25, 0.3) is 6.08 Å². The molecule has 1 heterocycles. The van der Waals surface area contributed by atoms with Crippen LogP contribution in [0, 0.1) is 11.3 Å². The maximum atomic E-state index is 11.7. The number of esters is 1. The molecule has 0 bridgehead atoms. The second-order valence-electron chi connectivity index (χ2n) is 4.36. The molecule has 0 aromatic heterocycles. The third kappa shape index (κ3) is 3.11. The maximum absolute atomic E-state index is 11.7. The first-order valence-electron chi connectivity index (χ1n) is 5.93. The van der Waals surface area contributed by atoms with E-state index in [1.807, 2.05) is 6.07 Å². The van der Waals surface area contributed by atoms with E-state index in [0.717, 1.165) is 0 Å². The summed E-state index contributed by atoms with van der Waals surface area (Å²) in [7, 11) is 0. The zero-order valence-electron chi connectivity index (χ0n) is 11.0. The summed E-state index contributed by atoms with van der Waals surface area (Å²) in [4.78, 5) is 11.7. The number of benzene rings is 1. The predicted molar refractivity (Wildman–Crippen MR) is 75.1 cm³/mol. The van der Waals surface area contributed by atoms with Crippen molar-refractivity contribution in [2.24, 2.45) is 0 Å². The van der Waals surface area contributed by atoms with Crippen LogP contribution in [-0.2, 0) is 9.53 Å². The van der Waals surface area contributed by atoms with Gasteiger partial charge in [-0.3, -0.25) is 0 Å². The Kier molecular flexibility index (Phi) is 4.30. The lowest BCUT2D eigenvalue weighted by Gasteiger charge is -2.07. The molecule has 1 aliphatic rings. The fourth-order valence-corrected chi connectivity index (χ4v) is 2.23. The molecule has 0 unspecified atom stereocenters. The summed E-state index contributed by atoms with van der Waals surface area (Å²) in [5.74, 6) is 0.543. The van der Waals surface area contributed by atoms with Crippen LogP contribution < -0.4 is 9.47 Å². The number of hydrogen-bond donors (Lipinski definition) is 0. The zero-order chi connectivity index (χ0) is 14.7. The lowest BCUT2D eigenvalue weighted by Crippen LogP contribution is -2.12. The Morgan fingerprint density at radius 1 is 1.50 bits per heavy atom. The highest BCUT2D eigenvalue weighted by Crippen LogP contribution is 2.40. The minimum absolute atomic E-state index is 0.0653. The summed E-state index contributed by atoms with van der Waals surface area (Å²) in [6, 6.07) is 5.29. The molecule has 0 atom stereocenters. The topological polar surface area (TPSA) is 68.6 Å². The Bertz CT molecular complexity index is 616. The average Bonchev–Trinajstić information content (AvgIpc) is 2.83. The fourth-order valence-electron chi connectivity index (χ4n) is 1.65. The highest BCUT2D eigenvalue weighted by atomic mass is 79.9. The molecule has 0 aliphatic carbocycles. The summed E-state index contributed by atoms with van der Waals surface area (Å²) >= 11 is 3.35. The summed E-state index contributed by atoms with van der Waals surface area (Å²) in [5.41, 5.74) is 0.586. The molecule has 20 heavy (non-hydrogen) atoms. The van der Waals surface area contributed by atoms with Crippen molar-refractivity contribution in [3.05, 3.63) is 27.7 Å². The van der Waals surface area contributed by atoms with Crippen molar-refractivity contribution in [1.29, 1.82) is 5.26 Å². The highest BCUT2D eigenvalue weighted by Gasteiger charge is 2.19. The Labute approximate surface area is 124 Å². The zero-order valence-corrected chi connectivity index (χ0v) is 12.6. The minimum atomic E-state index is -0.642. The lowest BCUT2D eigenvalue weighted by molar-refractivity contribution is -0.142. The first kappa shape index (κ1) is 14.4. The van der Waals surface area contributed by atoms with E-state index >= 15 is 0 Å². The van der Waals surface area contributed by atoms with E-state index < -0.39 is 5.97 Å². The largest absolute Gasteiger partial charge is 0.459 e. The molecule has 2 rings (SSSR count). The number of carbonyl (C=O) groups is 1. The van der Waals surface area contributed by atoms with Crippen molar-refractivity contribution in [3.63, 3.8) is 0 Å². The quantitative estimate of drug-likeness (QED) is 0.481. The van der Waals surface area contributed by atoms with Gasteiger partial charge >= 0.3 is 5.97 Å². The third-order valence-electron chi connectivity index (χ3n) is 2.44. The molecule has 0 amide bonds. The third-order valence-corrected chi connectivity index (χ3v) is 3.03. The Morgan fingerprint density at radius 3 is 2.90 bits per heavy atom. The van der Waals surface area contributed by atoms with Crippen molar-refractivity contribution in [3.8, 4) is 17.6 Å². The van der Waals surface area contributed by atoms with Gasteiger partial charge in [-0.2, -0.15) is 5.26 Å². The van der Waals surface area contributed by atoms with Gasteiger partial charge in [0.05, 0.1) is 10.6 Å². The predicted octanol–water partition coefficient (Wildman–Crippen LogP) is 3.04. The molecule has 0 radical (unpaired) electrons. The molecule has 6 heteroatoms. The van der Waals surface area contributed by atoms with Gasteiger partial charge in [0.1, 0.15) is 11.6 Å². The van der Waals surface area contributed by atoms with E-state index in [1.165, 1.54) is 6.08 Å². The second kappa shape index (κ2) is 5.97. The molecular formula is C14H12BrNO4. The second-order valence-corrected chi connectivity index (χ2v) is 5.21. The van der Waals surface area contributed by atoms with Gasteiger partial charge in [0.2, 0.25) is 6.79 Å². The Hall–Kier alpha value is -2.00. The molecule has 0 spiro atoms. The van der Waals surface area contributed by atoms with Crippen LogP contribution in [0.1, 0.15) is 19.4 Å². The number of rotatable bonds is 3. The van der Waals surface area contributed by atoms with E-state index in [2.05, 4.69) is 15.9 Å². The van der Waals surface area contributed by atoms with E-state index in [4.69, 9.17) is 19.5 Å². The van der Waals surface area contributed by atoms with Crippen LogP contribution in [-0.4, -0.2) is 18.9 Å². The van der Waals surface area contributed by atoms with Crippen molar-refractivity contribution >= 4 is 28.0 Å². The van der Waals surface area contributed by atoms with E-state index in [-0.39, 0.29) is 18.5 Å². The summed E-state index contributed by atoms with van der Waals surface area (Å²) in [6.45, 7) is 3.61. The van der Waals surface area contributed by atoms with Gasteiger partial charge in [-0.25, -0.2) is 4.79 Å². The molecule has 0 saturated carbocycles. The highest BCUT2D eigenvalue weighted by molar-refractivity contribution is 9.10. The van der Waals surface area contributed by atoms with Gasteiger partial charge < -0.3 is 14.2 Å². The molecule has 1 aromatic carbocycles. The van der Waals surface area contributed by atoms with Crippen molar-refractivity contribution < 1.29 is 19.0 Å². The monoisotopic (exact) mass is 337 g/mol. The normalized spacial score (nSPS) is 13.2. The van der Waals surface area contributed by atoms with Crippen molar-refractivity contribution in [1.82, 2.24) is 0 Å². The number of fused-ring (bicyclic) bond motifs is 1. The molecule has 0 saturated heterocycles. The molecule has 0 fully saturated rings. The molecule has 1 aromatic rings. The maximum Gasteiger partial charge on any atom is 0.349 e. The first-order valence-corrected chi connectivity index (χ1v) is 6.72. The summed E-state index contributed by atoms with van der Waals surface area (Å²) in [6.07, 6.45) is 1.18. The first-order chi connectivity index (χ1) is 9.51. The van der Waals surface area contributed by atoms with Crippen LogP contribution in [0.15, 0.2) is 22.2 Å². The fraction of sp³-hybridized carbons (Fsp3) is 0.286. The number of hydrogen-bond acceptors (Lipinski definition) is 5. The minimum Gasteiger partial charge on any atom is -0.459 e. The summed E-state index contributed by atoms with van der Waals surface area (Å²) in [5, 5.41) is 9.05. The molecule has 1 aliphatic heterocycles. The number of carbonyl (C=O) groups excluding carboxylic acids is 1. The van der Waals surface area contributed by atoms with Crippen molar-refractivity contribution in [2.45, 2.75) is 20.0 Å². The standard InChI is InChI=1S/C14H12BrNO4/c1-8(2)20-14(17)10(6-16)3-9-4-11(15)13-12(5-9)18-7-19-13/h3-5,8H,7H2,1-2H3/b10-3+. The van der Waals surface area contributed by atoms with Gasteiger partial charge in [-0.05, 0) is 53.5 Å². The van der Waals surface area contributed by atoms with Gasteiger partial charge in [0, 0.05) is 0 Å². The molecule has 104 valence electrons. The smallest absolute Gasteiger partial charge is 0.349 e. The van der Waals surface area contributed by atoms with Crippen LogP contribution in [0.4, 0.5) is 0 Å². The van der Waals surface area contributed by atoms with Gasteiger partial charge in [0.25, 0.3) is 0 Å². The van der Waals surface area contributed by atoms with Crippen LogP contribution in [0.2, 0.25) is 0 Å².